The monoisotopic (exact) mass is 522 g/mol. The van der Waals surface area contributed by atoms with Crippen LogP contribution in [-0.4, -0.2) is 31.1 Å². The first-order chi connectivity index (χ1) is 18.3. The number of nitrogens with two attached hydrogens (primary N) is 2. The van der Waals surface area contributed by atoms with Gasteiger partial charge in [0.2, 0.25) is 0 Å². The molecule has 38 heavy (non-hydrogen) atoms. The van der Waals surface area contributed by atoms with Crippen molar-refractivity contribution in [3.05, 3.63) is 59.7 Å². The zero-order valence-corrected chi connectivity index (χ0v) is 22.0. The lowest BCUT2D eigenvalue weighted by molar-refractivity contribution is -0.140. The molecule has 0 spiro atoms. The summed E-state index contributed by atoms with van der Waals surface area (Å²) in [5, 5.41) is 0. The van der Waals surface area contributed by atoms with Crippen molar-refractivity contribution in [2.45, 2.75) is 58.3 Å². The SMILES string of the molecule is CCCC1CCC(C(=O)Oc2ccc(C=CC(=O)OCCCCOC(=O)c3cc(N)cc(N)c3)cc2)CC1. The van der Waals surface area contributed by atoms with Crippen LogP contribution < -0.4 is 16.2 Å². The molecule has 0 aliphatic heterocycles. The standard InChI is InChI=1S/C30H38N2O6/c1-2-5-21-6-11-23(12-7-21)30(35)38-27-13-8-22(9-14-27)10-15-28(33)36-16-3-4-17-37-29(34)24-18-25(31)20-26(32)19-24/h8-10,13-15,18-21,23H,2-7,11-12,16-17,31-32H2,1H3. The van der Waals surface area contributed by atoms with E-state index in [1.165, 1.54) is 31.1 Å². The fourth-order valence-electron chi connectivity index (χ4n) is 4.57. The van der Waals surface area contributed by atoms with Crippen LogP contribution in [0.2, 0.25) is 0 Å². The van der Waals surface area contributed by atoms with E-state index in [0.29, 0.717) is 35.5 Å². The molecule has 8 heteroatoms. The number of carbonyl (C=O) groups excluding carboxylic acids is 3. The molecule has 204 valence electrons. The van der Waals surface area contributed by atoms with E-state index in [1.807, 2.05) is 0 Å². The fraction of sp³-hybridized carbons (Fsp3) is 0.433. The molecule has 0 heterocycles. The van der Waals surface area contributed by atoms with Gasteiger partial charge in [0.15, 0.2) is 0 Å². The molecular weight excluding hydrogens is 484 g/mol. The predicted molar refractivity (Wildman–Crippen MR) is 147 cm³/mol. The average Bonchev–Trinajstić information content (AvgIpc) is 2.90. The summed E-state index contributed by atoms with van der Waals surface area (Å²) >= 11 is 0. The summed E-state index contributed by atoms with van der Waals surface area (Å²) in [6.07, 6.45) is 10.5. The lowest BCUT2D eigenvalue weighted by Gasteiger charge is -2.26. The lowest BCUT2D eigenvalue weighted by Crippen LogP contribution is -2.25. The van der Waals surface area contributed by atoms with Crippen molar-refractivity contribution in [3.8, 4) is 5.75 Å². The maximum absolute atomic E-state index is 12.5. The van der Waals surface area contributed by atoms with Crippen molar-refractivity contribution in [3.63, 3.8) is 0 Å². The molecule has 2 aromatic carbocycles. The molecular formula is C30H38N2O6. The average molecular weight is 523 g/mol. The molecule has 0 saturated heterocycles. The largest absolute Gasteiger partial charge is 0.463 e. The first-order valence-corrected chi connectivity index (χ1v) is 13.3. The van der Waals surface area contributed by atoms with Crippen LogP contribution in [0, 0.1) is 11.8 Å². The summed E-state index contributed by atoms with van der Waals surface area (Å²) in [4.78, 5) is 36.5. The van der Waals surface area contributed by atoms with Crippen LogP contribution in [0.1, 0.15) is 74.2 Å². The number of rotatable bonds is 12. The summed E-state index contributed by atoms with van der Waals surface area (Å²) in [5.74, 6) is 0.104. The van der Waals surface area contributed by atoms with Gasteiger partial charge in [0.25, 0.3) is 0 Å². The molecule has 1 fully saturated rings. The second kappa shape index (κ2) is 14.8. The van der Waals surface area contributed by atoms with Gasteiger partial charge in [-0.25, -0.2) is 9.59 Å². The Morgan fingerprint density at radius 1 is 0.895 bits per heavy atom. The van der Waals surface area contributed by atoms with Crippen LogP contribution in [0.15, 0.2) is 48.5 Å². The van der Waals surface area contributed by atoms with Gasteiger partial charge in [-0.15, -0.1) is 0 Å². The van der Waals surface area contributed by atoms with Gasteiger partial charge in [-0.05, 0) is 86.4 Å². The van der Waals surface area contributed by atoms with Crippen LogP contribution in [0.5, 0.6) is 5.75 Å². The van der Waals surface area contributed by atoms with E-state index in [-0.39, 0.29) is 25.1 Å². The molecule has 8 nitrogen and oxygen atoms in total. The Balaban J connectivity index is 1.30. The molecule has 0 unspecified atom stereocenters. The highest BCUT2D eigenvalue weighted by Crippen LogP contribution is 2.32. The van der Waals surface area contributed by atoms with Crippen molar-refractivity contribution in [1.82, 2.24) is 0 Å². The maximum atomic E-state index is 12.5. The molecule has 1 aliphatic carbocycles. The van der Waals surface area contributed by atoms with Crippen LogP contribution >= 0.6 is 0 Å². The van der Waals surface area contributed by atoms with Crippen LogP contribution in [-0.2, 0) is 19.1 Å². The van der Waals surface area contributed by atoms with E-state index in [4.69, 9.17) is 25.7 Å². The number of nitrogen functional groups attached to an aromatic ring is 2. The number of esters is 3. The van der Waals surface area contributed by atoms with Gasteiger partial charge in [0.05, 0.1) is 24.7 Å². The van der Waals surface area contributed by atoms with Crippen molar-refractivity contribution >= 4 is 35.4 Å². The number of carbonyl (C=O) groups is 3. The first-order valence-electron chi connectivity index (χ1n) is 13.3. The Morgan fingerprint density at radius 3 is 2.16 bits per heavy atom. The van der Waals surface area contributed by atoms with Gasteiger partial charge in [-0.2, -0.15) is 0 Å². The summed E-state index contributed by atoms with van der Waals surface area (Å²) in [7, 11) is 0. The van der Waals surface area contributed by atoms with Crippen molar-refractivity contribution in [2.24, 2.45) is 11.8 Å². The zero-order chi connectivity index (χ0) is 27.3. The van der Waals surface area contributed by atoms with Crippen molar-refractivity contribution < 1.29 is 28.6 Å². The van der Waals surface area contributed by atoms with E-state index < -0.39 is 11.9 Å². The van der Waals surface area contributed by atoms with Gasteiger partial charge < -0.3 is 25.7 Å². The third-order valence-corrected chi connectivity index (χ3v) is 6.62. The number of ether oxygens (including phenoxy) is 3. The van der Waals surface area contributed by atoms with E-state index in [0.717, 1.165) is 37.2 Å². The minimum atomic E-state index is -0.501. The van der Waals surface area contributed by atoms with E-state index in [2.05, 4.69) is 6.92 Å². The topological polar surface area (TPSA) is 131 Å². The van der Waals surface area contributed by atoms with E-state index >= 15 is 0 Å². The molecule has 4 N–H and O–H groups in total. The molecule has 0 radical (unpaired) electrons. The molecule has 0 amide bonds. The minimum Gasteiger partial charge on any atom is -0.463 e. The minimum absolute atomic E-state index is 0.0212. The Hall–Kier alpha value is -3.81. The first kappa shape index (κ1) is 28.8. The third kappa shape index (κ3) is 9.57. The van der Waals surface area contributed by atoms with Gasteiger partial charge in [0.1, 0.15) is 5.75 Å². The summed E-state index contributed by atoms with van der Waals surface area (Å²) in [6, 6.07) is 11.6. The summed E-state index contributed by atoms with van der Waals surface area (Å²) in [6.45, 7) is 2.60. The highest BCUT2D eigenvalue weighted by Gasteiger charge is 2.27. The van der Waals surface area contributed by atoms with Gasteiger partial charge in [-0.1, -0.05) is 31.9 Å². The van der Waals surface area contributed by atoms with Gasteiger partial charge >= 0.3 is 17.9 Å². The Labute approximate surface area is 224 Å². The van der Waals surface area contributed by atoms with Crippen LogP contribution in [0.4, 0.5) is 11.4 Å². The van der Waals surface area contributed by atoms with Gasteiger partial charge in [-0.3, -0.25) is 4.79 Å². The third-order valence-electron chi connectivity index (χ3n) is 6.62. The Kier molecular flexibility index (Phi) is 11.2. The normalized spacial score (nSPS) is 17.2. The number of unbranched alkanes of at least 4 members (excludes halogenated alkanes) is 1. The number of anilines is 2. The molecule has 0 aromatic heterocycles. The molecule has 1 saturated carbocycles. The maximum Gasteiger partial charge on any atom is 0.338 e. The zero-order valence-electron chi connectivity index (χ0n) is 22.0. The second-order valence-corrected chi connectivity index (χ2v) is 9.73. The predicted octanol–water partition coefficient (Wildman–Crippen LogP) is 5.56. The molecule has 3 rings (SSSR count). The number of hydrogen-bond donors (Lipinski definition) is 2. The van der Waals surface area contributed by atoms with E-state index in [9.17, 15) is 14.4 Å². The second-order valence-electron chi connectivity index (χ2n) is 9.73. The molecule has 0 atom stereocenters. The summed E-state index contributed by atoms with van der Waals surface area (Å²) < 4.78 is 15.9. The smallest absolute Gasteiger partial charge is 0.338 e. The Bertz CT molecular complexity index is 1080. The lowest BCUT2D eigenvalue weighted by atomic mass is 9.80. The molecule has 0 bridgehead atoms. The highest BCUT2D eigenvalue weighted by atomic mass is 16.5. The Morgan fingerprint density at radius 2 is 1.53 bits per heavy atom. The van der Waals surface area contributed by atoms with Crippen LogP contribution in [0.3, 0.4) is 0 Å². The molecule has 2 aromatic rings. The van der Waals surface area contributed by atoms with Crippen molar-refractivity contribution in [2.75, 3.05) is 24.7 Å². The van der Waals surface area contributed by atoms with Crippen molar-refractivity contribution in [1.29, 1.82) is 0 Å². The number of benzene rings is 2. The fourth-order valence-corrected chi connectivity index (χ4v) is 4.57. The quantitative estimate of drug-likeness (QED) is 0.122. The van der Waals surface area contributed by atoms with E-state index in [1.54, 1.807) is 36.4 Å². The van der Waals surface area contributed by atoms with Crippen LogP contribution in [0.25, 0.3) is 6.08 Å². The molecule has 1 aliphatic rings. The van der Waals surface area contributed by atoms with Gasteiger partial charge in [0, 0.05) is 17.5 Å². The number of hydrogen-bond acceptors (Lipinski definition) is 8. The summed E-state index contributed by atoms with van der Waals surface area (Å²) in [5.41, 5.74) is 13.2. The highest BCUT2D eigenvalue weighted by molar-refractivity contribution is 5.91.